The average Bonchev–Trinajstić information content (AvgIpc) is 2.15. The first-order chi connectivity index (χ1) is 6.83. The molecule has 1 aliphatic rings. The van der Waals surface area contributed by atoms with Gasteiger partial charge in [-0.1, -0.05) is 45.1 Å². The van der Waals surface area contributed by atoms with Gasteiger partial charge < -0.3 is 4.43 Å². The van der Waals surface area contributed by atoms with Crippen LogP contribution < -0.4 is 0 Å². The lowest BCUT2D eigenvalue weighted by molar-refractivity contribution is 0.251. The molecule has 0 unspecified atom stereocenters. The third-order valence-electron chi connectivity index (χ3n) is 3.53. The van der Waals surface area contributed by atoms with Crippen molar-refractivity contribution in [2.45, 2.75) is 45.3 Å². The van der Waals surface area contributed by atoms with Gasteiger partial charge in [-0.3, -0.25) is 0 Å². The maximum atomic E-state index is 6.19. The zero-order chi connectivity index (χ0) is 11.5. The molecule has 0 spiro atoms. The van der Waals surface area contributed by atoms with E-state index < -0.39 is 8.32 Å². The van der Waals surface area contributed by atoms with Gasteiger partial charge in [0.05, 0.1) is 0 Å². The summed E-state index contributed by atoms with van der Waals surface area (Å²) in [6.07, 6.45) is 9.85. The maximum absolute atomic E-state index is 6.19. The third kappa shape index (κ3) is 3.62. The Bertz CT molecular complexity index is 258. The molecule has 0 heterocycles. The van der Waals surface area contributed by atoms with E-state index in [4.69, 9.17) is 4.43 Å². The summed E-state index contributed by atoms with van der Waals surface area (Å²) in [5, 5.41) is 0.321. The molecule has 0 aromatic carbocycles. The molecule has 0 bridgehead atoms. The van der Waals surface area contributed by atoms with E-state index in [1.807, 2.05) is 0 Å². The fraction of sp³-hybridized carbons (Fsp3) is 0.692. The van der Waals surface area contributed by atoms with Gasteiger partial charge in [0, 0.05) is 12.5 Å². The van der Waals surface area contributed by atoms with Gasteiger partial charge in [0.25, 0.3) is 0 Å². The highest BCUT2D eigenvalue weighted by molar-refractivity contribution is 6.74. The smallest absolute Gasteiger partial charge is 0.192 e. The fourth-order valence-corrected chi connectivity index (χ4v) is 2.35. The lowest BCUT2D eigenvalue weighted by Crippen LogP contribution is -2.41. The molecule has 1 rings (SSSR count). The van der Waals surface area contributed by atoms with E-state index in [1.165, 1.54) is 0 Å². The van der Waals surface area contributed by atoms with E-state index in [-0.39, 0.29) is 0 Å². The fourth-order valence-electron chi connectivity index (χ4n) is 1.29. The van der Waals surface area contributed by atoms with Crippen LogP contribution in [-0.2, 0) is 4.43 Å². The van der Waals surface area contributed by atoms with Gasteiger partial charge in [-0.2, -0.15) is 0 Å². The van der Waals surface area contributed by atoms with Crippen molar-refractivity contribution in [1.29, 1.82) is 0 Å². The van der Waals surface area contributed by atoms with E-state index in [1.54, 1.807) is 0 Å². The molecule has 0 fully saturated rings. The molecule has 0 saturated carbocycles. The van der Waals surface area contributed by atoms with Crippen LogP contribution >= 0.6 is 0 Å². The van der Waals surface area contributed by atoms with Crippen molar-refractivity contribution >= 4 is 8.32 Å². The van der Waals surface area contributed by atoms with Crippen LogP contribution in [0.1, 0.15) is 27.2 Å². The normalized spacial score (nSPS) is 22.1. The van der Waals surface area contributed by atoms with Crippen LogP contribution in [0.3, 0.4) is 0 Å². The minimum Gasteiger partial charge on any atom is -0.416 e. The van der Waals surface area contributed by atoms with Crippen LogP contribution in [0.2, 0.25) is 18.1 Å². The predicted molar refractivity (Wildman–Crippen MR) is 69.5 cm³/mol. The van der Waals surface area contributed by atoms with E-state index in [0.717, 1.165) is 13.0 Å². The highest BCUT2D eigenvalue weighted by Gasteiger charge is 2.37. The first-order valence-corrected chi connectivity index (χ1v) is 8.71. The third-order valence-corrected chi connectivity index (χ3v) is 8.03. The Morgan fingerprint density at radius 1 is 1.27 bits per heavy atom. The molecule has 0 amide bonds. The average molecular weight is 224 g/mol. The van der Waals surface area contributed by atoms with Crippen molar-refractivity contribution in [3.8, 4) is 0 Å². The first kappa shape index (κ1) is 12.7. The van der Waals surface area contributed by atoms with E-state index in [0.29, 0.717) is 11.0 Å². The van der Waals surface area contributed by atoms with Gasteiger partial charge in [-0.15, -0.1) is 0 Å². The summed E-state index contributed by atoms with van der Waals surface area (Å²) in [6.45, 7) is 12.4. The zero-order valence-corrected chi connectivity index (χ0v) is 11.7. The van der Waals surface area contributed by atoms with Gasteiger partial charge >= 0.3 is 0 Å². The Morgan fingerprint density at radius 2 is 1.93 bits per heavy atom. The molecule has 1 atom stereocenters. The van der Waals surface area contributed by atoms with Crippen LogP contribution in [0, 0.1) is 5.92 Å². The second-order valence-corrected chi connectivity index (χ2v) is 10.7. The van der Waals surface area contributed by atoms with Crippen LogP contribution in [0.15, 0.2) is 24.3 Å². The maximum Gasteiger partial charge on any atom is 0.192 e. The van der Waals surface area contributed by atoms with Crippen molar-refractivity contribution in [3.63, 3.8) is 0 Å². The van der Waals surface area contributed by atoms with Crippen LogP contribution in [-0.4, -0.2) is 14.9 Å². The van der Waals surface area contributed by atoms with Gasteiger partial charge in [-0.25, -0.2) is 0 Å². The second-order valence-electron chi connectivity index (χ2n) is 5.88. The summed E-state index contributed by atoms with van der Waals surface area (Å²) in [5.41, 5.74) is 0. The molecule has 1 nitrogen and oxygen atoms in total. The molecule has 2 heteroatoms. The summed E-state index contributed by atoms with van der Waals surface area (Å²) in [6, 6.07) is 0. The van der Waals surface area contributed by atoms with E-state index in [9.17, 15) is 0 Å². The molecule has 0 aromatic rings. The van der Waals surface area contributed by atoms with Crippen molar-refractivity contribution in [2.24, 2.45) is 5.92 Å². The Hall–Kier alpha value is -0.343. The highest BCUT2D eigenvalue weighted by Crippen LogP contribution is 2.37. The Morgan fingerprint density at radius 3 is 2.40 bits per heavy atom. The summed E-state index contributed by atoms with van der Waals surface area (Å²) >= 11 is 0. The quantitative estimate of drug-likeness (QED) is 0.655. The highest BCUT2D eigenvalue weighted by atomic mass is 28.4. The lowest BCUT2D eigenvalue weighted by atomic mass is 10.0. The summed E-state index contributed by atoms with van der Waals surface area (Å²) in [7, 11) is -1.55. The molecule has 15 heavy (non-hydrogen) atoms. The number of allylic oxidation sites excluding steroid dienone is 3. The summed E-state index contributed by atoms with van der Waals surface area (Å²) < 4.78 is 6.19. The summed E-state index contributed by atoms with van der Waals surface area (Å²) in [5.74, 6) is 0.587. The van der Waals surface area contributed by atoms with E-state index >= 15 is 0 Å². The molecular formula is C13H24OSi. The van der Waals surface area contributed by atoms with E-state index in [2.05, 4.69) is 58.2 Å². The number of hydrogen-bond acceptors (Lipinski definition) is 1. The number of rotatable bonds is 3. The standard InChI is InChI=1S/C13H24OSi/c1-13(2,3)15(4,5)14-11-12-9-7-6-8-10-12/h6-9,12H,10-11H2,1-5H3/t12-/m0/s1. The van der Waals surface area contributed by atoms with Crippen LogP contribution in [0.4, 0.5) is 0 Å². The molecule has 0 aliphatic heterocycles. The minimum atomic E-state index is -1.55. The first-order valence-electron chi connectivity index (χ1n) is 5.80. The summed E-state index contributed by atoms with van der Waals surface area (Å²) in [4.78, 5) is 0. The molecule has 0 radical (unpaired) electrons. The molecular weight excluding hydrogens is 200 g/mol. The monoisotopic (exact) mass is 224 g/mol. The number of hydrogen-bond donors (Lipinski definition) is 0. The topological polar surface area (TPSA) is 9.23 Å². The predicted octanol–water partition coefficient (Wildman–Crippen LogP) is 4.14. The van der Waals surface area contributed by atoms with Gasteiger partial charge in [-0.05, 0) is 24.6 Å². The molecule has 0 aromatic heterocycles. The van der Waals surface area contributed by atoms with Crippen LogP contribution in [0.5, 0.6) is 0 Å². The van der Waals surface area contributed by atoms with Crippen molar-refractivity contribution in [2.75, 3.05) is 6.61 Å². The van der Waals surface area contributed by atoms with Crippen LogP contribution in [0.25, 0.3) is 0 Å². The van der Waals surface area contributed by atoms with Gasteiger partial charge in [0.2, 0.25) is 0 Å². The lowest BCUT2D eigenvalue weighted by Gasteiger charge is -2.37. The molecule has 0 N–H and O–H groups in total. The SMILES string of the molecule is CC(C)(C)[Si](C)(C)OC[C@H]1C=CC=CC1. The zero-order valence-electron chi connectivity index (χ0n) is 10.7. The Kier molecular flexibility index (Phi) is 3.96. The van der Waals surface area contributed by atoms with Gasteiger partial charge in [0.15, 0.2) is 8.32 Å². The van der Waals surface area contributed by atoms with Gasteiger partial charge in [0.1, 0.15) is 0 Å². The molecule has 0 saturated heterocycles. The minimum absolute atomic E-state index is 0.321. The van der Waals surface area contributed by atoms with Crippen molar-refractivity contribution in [3.05, 3.63) is 24.3 Å². The Balaban J connectivity index is 2.43. The molecule has 86 valence electrons. The second kappa shape index (κ2) is 4.66. The van der Waals surface area contributed by atoms with Crippen molar-refractivity contribution in [1.82, 2.24) is 0 Å². The largest absolute Gasteiger partial charge is 0.416 e. The molecule has 1 aliphatic carbocycles. The Labute approximate surface area is 95.4 Å². The van der Waals surface area contributed by atoms with Crippen molar-refractivity contribution < 1.29 is 4.43 Å².